The Morgan fingerprint density at radius 1 is 1.34 bits per heavy atom. The number of alkyl halides is 3. The second kappa shape index (κ2) is 10.6. The van der Waals surface area contributed by atoms with Crippen LogP contribution in [0.1, 0.15) is 22.8 Å². The molecular weight excluding hydrogens is 515 g/mol. The quantitative estimate of drug-likeness (QED) is 0.470. The zero-order valence-electron chi connectivity index (χ0n) is 16.8. The molecule has 0 fully saturated rings. The van der Waals surface area contributed by atoms with Crippen LogP contribution in [0.3, 0.4) is 0 Å². The number of amides is 2. The average Bonchev–Trinajstić information content (AvgIpc) is 2.70. The number of aliphatic imine (C=N–C) groups is 1. The standard InChI is InChI=1S/C20H18BrClF3N5O2/c1-3-27-18(31)12-8-11(21)7-10(2)16(12)30-19(32)14(9-15(26)20(23,24)25)29-17-13(22)5-4-6-28-17/h4-9H,3,26H2,1-2H3,(H,27,31)(H,30,32). The van der Waals surface area contributed by atoms with Crippen LogP contribution in [0.5, 0.6) is 0 Å². The molecule has 0 aliphatic heterocycles. The Hall–Kier alpha value is -2.92. The molecule has 1 heterocycles. The Kier molecular flexibility index (Phi) is 8.39. The largest absolute Gasteiger partial charge is 0.430 e. The number of aromatic nitrogens is 1. The third-order valence-corrected chi connectivity index (χ3v) is 4.69. The molecule has 12 heteroatoms. The van der Waals surface area contributed by atoms with E-state index in [1.165, 1.54) is 24.4 Å². The first-order valence-electron chi connectivity index (χ1n) is 9.07. The molecule has 1 aromatic heterocycles. The van der Waals surface area contributed by atoms with Gasteiger partial charge in [-0.3, -0.25) is 9.59 Å². The van der Waals surface area contributed by atoms with Gasteiger partial charge in [0.25, 0.3) is 11.8 Å². The van der Waals surface area contributed by atoms with E-state index in [1.54, 1.807) is 19.9 Å². The number of nitrogens with two attached hydrogens (primary N) is 1. The van der Waals surface area contributed by atoms with Crippen molar-refractivity contribution in [3.63, 3.8) is 0 Å². The fraction of sp³-hybridized carbons (Fsp3) is 0.200. The highest BCUT2D eigenvalue weighted by Crippen LogP contribution is 2.27. The smallest absolute Gasteiger partial charge is 0.395 e. The van der Waals surface area contributed by atoms with Gasteiger partial charge in [-0.25, -0.2) is 9.98 Å². The van der Waals surface area contributed by atoms with Gasteiger partial charge in [-0.2, -0.15) is 13.2 Å². The number of hydrogen-bond donors (Lipinski definition) is 3. The highest BCUT2D eigenvalue weighted by atomic mass is 79.9. The normalized spacial score (nSPS) is 12.5. The maximum Gasteiger partial charge on any atom is 0.430 e. The number of halogens is 5. The van der Waals surface area contributed by atoms with Gasteiger partial charge in [-0.15, -0.1) is 0 Å². The van der Waals surface area contributed by atoms with Crippen LogP contribution < -0.4 is 16.4 Å². The van der Waals surface area contributed by atoms with E-state index in [1.807, 2.05) is 0 Å². The molecule has 1 aromatic carbocycles. The summed E-state index contributed by atoms with van der Waals surface area (Å²) >= 11 is 9.25. The Bertz CT molecular complexity index is 1100. The molecule has 2 aromatic rings. The first kappa shape index (κ1) is 25.3. The Labute approximate surface area is 195 Å². The first-order chi connectivity index (χ1) is 14.9. The monoisotopic (exact) mass is 531 g/mol. The van der Waals surface area contributed by atoms with Crippen LogP contribution in [-0.4, -0.2) is 35.2 Å². The second-order valence-electron chi connectivity index (χ2n) is 6.36. The van der Waals surface area contributed by atoms with Gasteiger partial charge in [0, 0.05) is 17.2 Å². The van der Waals surface area contributed by atoms with E-state index in [0.29, 0.717) is 22.7 Å². The fourth-order valence-corrected chi connectivity index (χ4v) is 3.21. The van der Waals surface area contributed by atoms with Crippen LogP contribution >= 0.6 is 27.5 Å². The predicted octanol–water partition coefficient (Wildman–Crippen LogP) is 4.67. The lowest BCUT2D eigenvalue weighted by Gasteiger charge is -2.15. The highest BCUT2D eigenvalue weighted by molar-refractivity contribution is 9.10. The molecule has 7 nitrogen and oxygen atoms in total. The summed E-state index contributed by atoms with van der Waals surface area (Å²) < 4.78 is 39.6. The maximum absolute atomic E-state index is 13.0. The minimum atomic E-state index is -4.89. The Morgan fingerprint density at radius 2 is 2.03 bits per heavy atom. The lowest BCUT2D eigenvalue weighted by Crippen LogP contribution is -2.29. The van der Waals surface area contributed by atoms with Crippen LogP contribution in [0.25, 0.3) is 0 Å². The van der Waals surface area contributed by atoms with E-state index in [4.69, 9.17) is 17.3 Å². The molecule has 2 rings (SSSR count). The molecule has 0 saturated heterocycles. The summed E-state index contributed by atoms with van der Waals surface area (Å²) in [4.78, 5) is 33.1. The number of benzene rings is 1. The number of carbonyl (C=O) groups excluding carboxylic acids is 2. The predicted molar refractivity (Wildman–Crippen MR) is 120 cm³/mol. The highest BCUT2D eigenvalue weighted by Gasteiger charge is 2.32. The van der Waals surface area contributed by atoms with Crippen molar-refractivity contribution in [2.75, 3.05) is 11.9 Å². The maximum atomic E-state index is 13.0. The van der Waals surface area contributed by atoms with Crippen molar-refractivity contribution in [2.24, 2.45) is 10.7 Å². The summed E-state index contributed by atoms with van der Waals surface area (Å²) in [7, 11) is 0. The molecule has 0 atom stereocenters. The van der Waals surface area contributed by atoms with Gasteiger partial charge in [0.1, 0.15) is 11.4 Å². The minimum absolute atomic E-state index is 0.0135. The molecule has 170 valence electrons. The molecule has 0 unspecified atom stereocenters. The van der Waals surface area contributed by atoms with Crippen molar-refractivity contribution in [1.82, 2.24) is 10.3 Å². The van der Waals surface area contributed by atoms with Crippen molar-refractivity contribution in [2.45, 2.75) is 20.0 Å². The Morgan fingerprint density at radius 3 is 2.62 bits per heavy atom. The molecule has 0 bridgehead atoms. The van der Waals surface area contributed by atoms with Gasteiger partial charge in [-0.05, 0) is 49.8 Å². The molecule has 0 aliphatic carbocycles. The van der Waals surface area contributed by atoms with Crippen molar-refractivity contribution >= 4 is 56.6 Å². The summed E-state index contributed by atoms with van der Waals surface area (Å²) in [6.07, 6.45) is -3.21. The molecular formula is C20H18BrClF3N5O2. The molecule has 0 saturated carbocycles. The van der Waals surface area contributed by atoms with Crippen molar-refractivity contribution in [3.05, 3.63) is 62.9 Å². The average molecular weight is 533 g/mol. The number of hydrogen-bond acceptors (Lipinski definition) is 5. The van der Waals surface area contributed by atoms with Gasteiger partial charge in [-0.1, -0.05) is 27.5 Å². The number of carbonyl (C=O) groups is 2. The summed E-state index contributed by atoms with van der Waals surface area (Å²) in [6.45, 7) is 3.66. The van der Waals surface area contributed by atoms with Gasteiger partial charge < -0.3 is 16.4 Å². The van der Waals surface area contributed by atoms with Crippen LogP contribution in [0.15, 0.2) is 51.7 Å². The number of nitrogens with one attached hydrogen (secondary N) is 2. The van der Waals surface area contributed by atoms with E-state index >= 15 is 0 Å². The van der Waals surface area contributed by atoms with Crippen LogP contribution in [0, 0.1) is 6.92 Å². The third kappa shape index (κ3) is 6.54. The van der Waals surface area contributed by atoms with Crippen molar-refractivity contribution < 1.29 is 22.8 Å². The SMILES string of the molecule is CCNC(=O)c1cc(Br)cc(C)c1NC(=O)C(C=C(N)C(F)(F)F)=Nc1ncccc1Cl. The van der Waals surface area contributed by atoms with Gasteiger partial charge in [0.05, 0.1) is 16.3 Å². The summed E-state index contributed by atoms with van der Waals surface area (Å²) in [5, 5.41) is 5.07. The van der Waals surface area contributed by atoms with Gasteiger partial charge >= 0.3 is 6.18 Å². The van der Waals surface area contributed by atoms with E-state index in [2.05, 4.69) is 36.5 Å². The molecule has 0 spiro atoms. The number of pyridine rings is 1. The zero-order chi connectivity index (χ0) is 24.1. The van der Waals surface area contributed by atoms with Crippen LogP contribution in [0.4, 0.5) is 24.7 Å². The number of nitrogens with zero attached hydrogens (tertiary/aromatic N) is 2. The third-order valence-electron chi connectivity index (χ3n) is 3.94. The van der Waals surface area contributed by atoms with E-state index < -0.39 is 29.4 Å². The van der Waals surface area contributed by atoms with Gasteiger partial charge in [0.2, 0.25) is 0 Å². The summed E-state index contributed by atoms with van der Waals surface area (Å²) in [5.74, 6) is -1.71. The lowest BCUT2D eigenvalue weighted by molar-refractivity contribution is -0.110. The zero-order valence-corrected chi connectivity index (χ0v) is 19.2. The fourth-order valence-electron chi connectivity index (χ4n) is 2.47. The minimum Gasteiger partial charge on any atom is -0.395 e. The van der Waals surface area contributed by atoms with Crippen molar-refractivity contribution in [3.8, 4) is 0 Å². The topological polar surface area (TPSA) is 109 Å². The number of aryl methyl sites for hydroxylation is 1. The van der Waals surface area contributed by atoms with E-state index in [0.717, 1.165) is 0 Å². The molecule has 0 radical (unpaired) electrons. The van der Waals surface area contributed by atoms with E-state index in [9.17, 15) is 22.8 Å². The number of rotatable bonds is 6. The first-order valence-corrected chi connectivity index (χ1v) is 10.2. The molecule has 2 amide bonds. The second-order valence-corrected chi connectivity index (χ2v) is 7.69. The lowest BCUT2D eigenvalue weighted by atomic mass is 10.1. The molecule has 0 aliphatic rings. The van der Waals surface area contributed by atoms with Crippen LogP contribution in [0.2, 0.25) is 5.02 Å². The number of allylic oxidation sites excluding steroid dienone is 1. The Balaban J connectivity index is 2.57. The summed E-state index contributed by atoms with van der Waals surface area (Å²) in [5.41, 5.74) is 3.53. The van der Waals surface area contributed by atoms with Crippen LogP contribution in [-0.2, 0) is 4.79 Å². The van der Waals surface area contributed by atoms with E-state index in [-0.39, 0.29) is 22.1 Å². The number of anilines is 1. The summed E-state index contributed by atoms with van der Waals surface area (Å²) in [6, 6.07) is 6.00. The molecule has 32 heavy (non-hydrogen) atoms. The molecule has 4 N–H and O–H groups in total. The van der Waals surface area contributed by atoms with Crippen molar-refractivity contribution in [1.29, 1.82) is 0 Å². The van der Waals surface area contributed by atoms with Gasteiger partial charge in [0.15, 0.2) is 5.82 Å².